The maximum absolute atomic E-state index is 13.8. The second kappa shape index (κ2) is 5.19. The van der Waals surface area contributed by atoms with Crippen molar-refractivity contribution in [2.75, 3.05) is 0 Å². The average Bonchev–Trinajstić information content (AvgIpc) is 2.28. The minimum Gasteiger partial charge on any atom is -0.299 e. The van der Waals surface area contributed by atoms with E-state index in [0.29, 0.717) is 23.4 Å². The maximum Gasteiger partial charge on any atom is 0.143 e. The SMILES string of the molecule is CC(=O)C1CCC(c2c(F)cccc2Cl)CC1=O. The van der Waals surface area contributed by atoms with E-state index in [1.165, 1.54) is 13.0 Å². The highest BCUT2D eigenvalue weighted by molar-refractivity contribution is 6.31. The van der Waals surface area contributed by atoms with Gasteiger partial charge in [-0.25, -0.2) is 4.39 Å². The Balaban J connectivity index is 2.23. The fraction of sp³-hybridized carbons (Fsp3) is 0.429. The number of hydrogen-bond donors (Lipinski definition) is 0. The molecule has 1 saturated carbocycles. The molecular weight excluding hydrogens is 255 g/mol. The van der Waals surface area contributed by atoms with Gasteiger partial charge in [0.05, 0.1) is 5.92 Å². The molecule has 1 aromatic carbocycles. The summed E-state index contributed by atoms with van der Waals surface area (Å²) < 4.78 is 13.8. The Labute approximate surface area is 110 Å². The van der Waals surface area contributed by atoms with Crippen molar-refractivity contribution in [3.05, 3.63) is 34.6 Å². The van der Waals surface area contributed by atoms with Gasteiger partial charge in [-0.15, -0.1) is 0 Å². The first-order valence-electron chi connectivity index (χ1n) is 5.97. The zero-order valence-electron chi connectivity index (χ0n) is 10.1. The lowest BCUT2D eigenvalue weighted by Gasteiger charge is -2.27. The van der Waals surface area contributed by atoms with E-state index in [4.69, 9.17) is 11.6 Å². The quantitative estimate of drug-likeness (QED) is 0.769. The van der Waals surface area contributed by atoms with E-state index >= 15 is 0 Å². The minimum atomic E-state index is -0.508. The Hall–Kier alpha value is -1.22. The number of rotatable bonds is 2. The van der Waals surface area contributed by atoms with Crippen LogP contribution in [0.2, 0.25) is 5.02 Å². The molecule has 4 heteroatoms. The summed E-state index contributed by atoms with van der Waals surface area (Å²) in [5.74, 6) is -1.29. The second-order valence-corrected chi connectivity index (χ2v) is 5.15. The number of carbonyl (C=O) groups excluding carboxylic acids is 2. The van der Waals surface area contributed by atoms with Gasteiger partial charge < -0.3 is 0 Å². The van der Waals surface area contributed by atoms with E-state index in [-0.39, 0.29) is 29.7 Å². The highest BCUT2D eigenvalue weighted by Crippen LogP contribution is 2.38. The monoisotopic (exact) mass is 268 g/mol. The molecule has 2 rings (SSSR count). The van der Waals surface area contributed by atoms with Crippen LogP contribution in [0.25, 0.3) is 0 Å². The molecule has 1 aromatic rings. The van der Waals surface area contributed by atoms with E-state index in [2.05, 4.69) is 0 Å². The van der Waals surface area contributed by atoms with Crippen LogP contribution in [0.3, 0.4) is 0 Å². The van der Waals surface area contributed by atoms with Crippen LogP contribution in [0, 0.1) is 11.7 Å². The topological polar surface area (TPSA) is 34.1 Å². The van der Waals surface area contributed by atoms with Crippen LogP contribution in [-0.2, 0) is 9.59 Å². The first-order valence-corrected chi connectivity index (χ1v) is 6.35. The third kappa shape index (κ3) is 2.46. The molecule has 2 nitrogen and oxygen atoms in total. The number of ketones is 2. The van der Waals surface area contributed by atoms with Gasteiger partial charge in [-0.05, 0) is 37.8 Å². The third-order valence-corrected chi connectivity index (χ3v) is 3.87. The summed E-state index contributed by atoms with van der Waals surface area (Å²) in [6.45, 7) is 1.43. The zero-order chi connectivity index (χ0) is 13.3. The van der Waals surface area contributed by atoms with Crippen LogP contribution in [0.5, 0.6) is 0 Å². The summed E-state index contributed by atoms with van der Waals surface area (Å²) >= 11 is 5.99. The maximum atomic E-state index is 13.8. The fourth-order valence-corrected chi connectivity index (χ4v) is 2.91. The van der Waals surface area contributed by atoms with Crippen LogP contribution in [0.1, 0.15) is 37.7 Å². The third-order valence-electron chi connectivity index (χ3n) is 3.54. The molecular formula is C14H14ClFO2. The molecule has 0 saturated heterocycles. The van der Waals surface area contributed by atoms with Gasteiger partial charge in [0.1, 0.15) is 17.4 Å². The van der Waals surface area contributed by atoms with Crippen molar-refractivity contribution in [2.24, 2.45) is 5.92 Å². The van der Waals surface area contributed by atoms with Gasteiger partial charge in [-0.3, -0.25) is 9.59 Å². The fourth-order valence-electron chi connectivity index (χ4n) is 2.59. The van der Waals surface area contributed by atoms with Crippen LogP contribution < -0.4 is 0 Å². The predicted octanol–water partition coefficient (Wildman–Crippen LogP) is 3.52. The molecule has 2 atom stereocenters. The van der Waals surface area contributed by atoms with Crippen molar-refractivity contribution in [1.82, 2.24) is 0 Å². The summed E-state index contributed by atoms with van der Waals surface area (Å²) in [4.78, 5) is 23.1. The molecule has 1 aliphatic carbocycles. The van der Waals surface area contributed by atoms with Crippen molar-refractivity contribution < 1.29 is 14.0 Å². The summed E-state index contributed by atoms with van der Waals surface area (Å²) in [6.07, 6.45) is 1.31. The number of halogens is 2. The lowest BCUT2D eigenvalue weighted by Crippen LogP contribution is -2.29. The molecule has 0 N–H and O–H groups in total. The van der Waals surface area contributed by atoms with E-state index < -0.39 is 5.92 Å². The van der Waals surface area contributed by atoms with Gasteiger partial charge in [0.15, 0.2) is 0 Å². The van der Waals surface area contributed by atoms with Crippen LogP contribution in [-0.4, -0.2) is 11.6 Å². The predicted molar refractivity (Wildman–Crippen MR) is 67.2 cm³/mol. The Bertz CT molecular complexity index is 478. The Morgan fingerprint density at radius 3 is 2.67 bits per heavy atom. The number of Topliss-reactive ketones (excluding diaryl/α,β-unsaturated/α-hetero) is 2. The Kier molecular flexibility index (Phi) is 3.81. The van der Waals surface area contributed by atoms with E-state index in [0.717, 1.165) is 0 Å². The van der Waals surface area contributed by atoms with Crippen molar-refractivity contribution in [1.29, 1.82) is 0 Å². The lowest BCUT2D eigenvalue weighted by atomic mass is 9.76. The van der Waals surface area contributed by atoms with Crippen molar-refractivity contribution in [3.63, 3.8) is 0 Å². The molecule has 0 spiro atoms. The average molecular weight is 269 g/mol. The molecule has 0 heterocycles. The summed E-state index contributed by atoms with van der Waals surface area (Å²) in [7, 11) is 0. The van der Waals surface area contributed by atoms with Gasteiger partial charge in [-0.2, -0.15) is 0 Å². The van der Waals surface area contributed by atoms with Gasteiger partial charge in [-0.1, -0.05) is 17.7 Å². The van der Waals surface area contributed by atoms with Crippen molar-refractivity contribution in [2.45, 2.75) is 32.1 Å². The highest BCUT2D eigenvalue weighted by atomic mass is 35.5. The van der Waals surface area contributed by atoms with Crippen molar-refractivity contribution >= 4 is 23.2 Å². The molecule has 18 heavy (non-hydrogen) atoms. The molecule has 1 aliphatic rings. The minimum absolute atomic E-state index is 0.0990. The normalized spacial score (nSPS) is 24.1. The molecule has 2 unspecified atom stereocenters. The summed E-state index contributed by atoms with van der Waals surface area (Å²) in [5.41, 5.74) is 0.412. The van der Waals surface area contributed by atoms with Crippen molar-refractivity contribution in [3.8, 4) is 0 Å². The Morgan fingerprint density at radius 2 is 2.11 bits per heavy atom. The van der Waals surface area contributed by atoms with Crippen LogP contribution in [0.4, 0.5) is 4.39 Å². The molecule has 0 bridgehead atoms. The van der Waals surface area contributed by atoms with Crippen LogP contribution in [0.15, 0.2) is 18.2 Å². The van der Waals surface area contributed by atoms with Gasteiger partial charge in [0.2, 0.25) is 0 Å². The summed E-state index contributed by atoms with van der Waals surface area (Å²) in [5, 5.41) is 0.356. The molecule has 0 radical (unpaired) electrons. The largest absolute Gasteiger partial charge is 0.299 e. The first kappa shape index (κ1) is 13.2. The molecule has 96 valence electrons. The molecule has 1 fully saturated rings. The summed E-state index contributed by atoms with van der Waals surface area (Å²) in [6, 6.07) is 4.52. The molecule has 0 amide bonds. The highest BCUT2D eigenvalue weighted by Gasteiger charge is 2.33. The van der Waals surface area contributed by atoms with E-state index in [1.807, 2.05) is 0 Å². The lowest BCUT2D eigenvalue weighted by molar-refractivity contribution is -0.133. The number of hydrogen-bond acceptors (Lipinski definition) is 2. The smallest absolute Gasteiger partial charge is 0.143 e. The number of carbonyl (C=O) groups is 2. The zero-order valence-corrected chi connectivity index (χ0v) is 10.8. The van der Waals surface area contributed by atoms with Gasteiger partial charge in [0.25, 0.3) is 0 Å². The van der Waals surface area contributed by atoms with Gasteiger partial charge >= 0.3 is 0 Å². The van der Waals surface area contributed by atoms with E-state index in [9.17, 15) is 14.0 Å². The Morgan fingerprint density at radius 1 is 1.39 bits per heavy atom. The van der Waals surface area contributed by atoms with E-state index in [1.54, 1.807) is 12.1 Å². The van der Waals surface area contributed by atoms with Gasteiger partial charge in [0, 0.05) is 17.0 Å². The second-order valence-electron chi connectivity index (χ2n) is 4.74. The molecule has 0 aromatic heterocycles. The first-order chi connectivity index (χ1) is 8.50. The standard InChI is InChI=1S/C14H14ClFO2/c1-8(17)10-6-5-9(7-13(10)18)14-11(15)3-2-4-12(14)16/h2-4,9-10H,5-7H2,1H3. The molecule has 0 aliphatic heterocycles. The number of benzene rings is 1. The van der Waals surface area contributed by atoms with Crippen LogP contribution >= 0.6 is 11.6 Å².